The summed E-state index contributed by atoms with van der Waals surface area (Å²) < 4.78 is 5.75. The lowest BCUT2D eigenvalue weighted by Crippen LogP contribution is -2.14. The standard InChI is InChI=1S/C13H17N7O/c1-6(2)7-4-18-8(11(14)15)3-9(7)21-10-5-19-13(17)20-12(10)16/h3-6H,1-2H3,(H3,14,15)(H4,16,17,19,20). The zero-order valence-electron chi connectivity index (χ0n) is 11.8. The molecule has 0 unspecified atom stereocenters. The van der Waals surface area contributed by atoms with Gasteiger partial charge in [-0.25, -0.2) is 4.98 Å². The molecule has 0 saturated carbocycles. The van der Waals surface area contributed by atoms with E-state index in [1.54, 1.807) is 12.3 Å². The first kappa shape index (κ1) is 14.5. The summed E-state index contributed by atoms with van der Waals surface area (Å²) in [4.78, 5) is 11.8. The van der Waals surface area contributed by atoms with Crippen molar-refractivity contribution >= 4 is 17.6 Å². The lowest BCUT2D eigenvalue weighted by Gasteiger charge is -2.15. The summed E-state index contributed by atoms with van der Waals surface area (Å²) in [5, 5.41) is 7.45. The minimum absolute atomic E-state index is 0.0723. The minimum Gasteiger partial charge on any atom is -0.451 e. The number of amidine groups is 1. The maximum atomic E-state index is 7.45. The highest BCUT2D eigenvalue weighted by Crippen LogP contribution is 2.32. The van der Waals surface area contributed by atoms with Gasteiger partial charge in [-0.15, -0.1) is 0 Å². The Morgan fingerprint density at radius 2 is 1.90 bits per heavy atom. The van der Waals surface area contributed by atoms with E-state index in [1.165, 1.54) is 6.20 Å². The van der Waals surface area contributed by atoms with Gasteiger partial charge in [-0.05, 0) is 5.92 Å². The van der Waals surface area contributed by atoms with Gasteiger partial charge in [0.1, 0.15) is 17.3 Å². The Morgan fingerprint density at radius 3 is 2.48 bits per heavy atom. The molecule has 0 aliphatic heterocycles. The molecular formula is C13H17N7O. The van der Waals surface area contributed by atoms with Crippen LogP contribution in [0.15, 0.2) is 18.5 Å². The first-order valence-electron chi connectivity index (χ1n) is 6.28. The minimum atomic E-state index is -0.142. The highest BCUT2D eigenvalue weighted by molar-refractivity contribution is 5.93. The predicted molar refractivity (Wildman–Crippen MR) is 80.3 cm³/mol. The second-order valence-electron chi connectivity index (χ2n) is 4.76. The third-order valence-corrected chi connectivity index (χ3v) is 2.81. The van der Waals surface area contributed by atoms with Gasteiger partial charge < -0.3 is 21.9 Å². The van der Waals surface area contributed by atoms with Gasteiger partial charge in [0.2, 0.25) is 5.95 Å². The number of nitrogens with two attached hydrogens (primary N) is 3. The SMILES string of the molecule is CC(C)c1cnc(C(=N)N)cc1Oc1cnc(N)nc1N. The fraction of sp³-hybridized carbons (Fsp3) is 0.231. The van der Waals surface area contributed by atoms with Crippen molar-refractivity contribution in [3.63, 3.8) is 0 Å². The highest BCUT2D eigenvalue weighted by Gasteiger charge is 2.14. The number of pyridine rings is 1. The molecule has 0 aliphatic carbocycles. The number of hydrogen-bond acceptors (Lipinski definition) is 7. The molecule has 0 fully saturated rings. The van der Waals surface area contributed by atoms with Crippen molar-refractivity contribution in [2.24, 2.45) is 5.73 Å². The van der Waals surface area contributed by atoms with E-state index >= 15 is 0 Å². The third-order valence-electron chi connectivity index (χ3n) is 2.81. The van der Waals surface area contributed by atoms with Gasteiger partial charge in [-0.2, -0.15) is 4.98 Å². The number of aromatic nitrogens is 3. The zero-order chi connectivity index (χ0) is 15.6. The molecule has 0 bridgehead atoms. The van der Waals surface area contributed by atoms with Gasteiger partial charge in [0.25, 0.3) is 0 Å². The van der Waals surface area contributed by atoms with Crippen molar-refractivity contribution in [1.82, 2.24) is 15.0 Å². The summed E-state index contributed by atoms with van der Waals surface area (Å²) in [7, 11) is 0. The summed E-state index contributed by atoms with van der Waals surface area (Å²) in [5.74, 6) is 1.03. The number of hydrogen-bond donors (Lipinski definition) is 4. The summed E-state index contributed by atoms with van der Waals surface area (Å²) >= 11 is 0. The first-order chi connectivity index (χ1) is 9.88. The molecule has 8 nitrogen and oxygen atoms in total. The van der Waals surface area contributed by atoms with Crippen molar-refractivity contribution in [1.29, 1.82) is 5.41 Å². The summed E-state index contributed by atoms with van der Waals surface area (Å²) in [6, 6.07) is 1.59. The molecule has 7 N–H and O–H groups in total. The van der Waals surface area contributed by atoms with Gasteiger partial charge >= 0.3 is 0 Å². The van der Waals surface area contributed by atoms with E-state index in [0.717, 1.165) is 5.56 Å². The molecule has 0 aromatic carbocycles. The van der Waals surface area contributed by atoms with Crippen LogP contribution in [-0.4, -0.2) is 20.8 Å². The van der Waals surface area contributed by atoms with Crippen molar-refractivity contribution in [3.05, 3.63) is 29.7 Å². The molecule has 2 aromatic heterocycles. The third kappa shape index (κ3) is 3.16. The van der Waals surface area contributed by atoms with E-state index in [9.17, 15) is 0 Å². The maximum Gasteiger partial charge on any atom is 0.222 e. The van der Waals surface area contributed by atoms with Gasteiger partial charge in [0.05, 0.1) is 6.20 Å². The van der Waals surface area contributed by atoms with Crippen LogP contribution in [0.3, 0.4) is 0 Å². The molecular weight excluding hydrogens is 270 g/mol. The number of nitrogen functional groups attached to an aromatic ring is 3. The number of nitrogens with zero attached hydrogens (tertiary/aromatic N) is 3. The Morgan fingerprint density at radius 1 is 1.19 bits per heavy atom. The molecule has 0 radical (unpaired) electrons. The lowest BCUT2D eigenvalue weighted by atomic mass is 10.0. The number of ether oxygens (including phenoxy) is 1. The van der Waals surface area contributed by atoms with Gasteiger partial charge in [-0.3, -0.25) is 10.4 Å². The molecule has 0 spiro atoms. The second-order valence-corrected chi connectivity index (χ2v) is 4.76. The molecule has 0 amide bonds. The molecule has 0 aliphatic rings. The highest BCUT2D eigenvalue weighted by atomic mass is 16.5. The Bertz CT molecular complexity index is 684. The summed E-state index contributed by atoms with van der Waals surface area (Å²) in [5.41, 5.74) is 17.8. The second kappa shape index (κ2) is 5.61. The number of anilines is 2. The van der Waals surface area contributed by atoms with Crippen molar-refractivity contribution in [3.8, 4) is 11.5 Å². The lowest BCUT2D eigenvalue weighted by molar-refractivity contribution is 0.470. The summed E-state index contributed by atoms with van der Waals surface area (Å²) in [6.45, 7) is 4.00. The topological polar surface area (TPSA) is 150 Å². The van der Waals surface area contributed by atoms with Crippen LogP contribution in [0.4, 0.5) is 11.8 Å². The molecule has 2 heterocycles. The summed E-state index contributed by atoms with van der Waals surface area (Å²) in [6.07, 6.45) is 3.03. The fourth-order valence-corrected chi connectivity index (χ4v) is 1.71. The average Bonchev–Trinajstić information content (AvgIpc) is 2.41. The molecule has 0 atom stereocenters. The zero-order valence-corrected chi connectivity index (χ0v) is 11.8. The molecule has 2 rings (SSSR count). The normalized spacial score (nSPS) is 10.6. The fourth-order valence-electron chi connectivity index (χ4n) is 1.71. The van der Waals surface area contributed by atoms with Crippen LogP contribution in [0.5, 0.6) is 11.5 Å². The Hall–Kier alpha value is -2.90. The van der Waals surface area contributed by atoms with Crippen LogP contribution in [0.2, 0.25) is 0 Å². The monoisotopic (exact) mass is 287 g/mol. The van der Waals surface area contributed by atoms with Crippen LogP contribution in [-0.2, 0) is 0 Å². The molecule has 8 heteroatoms. The first-order valence-corrected chi connectivity index (χ1v) is 6.28. The molecule has 0 saturated heterocycles. The maximum absolute atomic E-state index is 7.45. The van der Waals surface area contributed by atoms with Gasteiger partial charge in [0.15, 0.2) is 11.6 Å². The quantitative estimate of drug-likeness (QED) is 0.487. The van der Waals surface area contributed by atoms with E-state index in [1.807, 2.05) is 13.8 Å². The van der Waals surface area contributed by atoms with E-state index < -0.39 is 0 Å². The smallest absolute Gasteiger partial charge is 0.222 e. The van der Waals surface area contributed by atoms with E-state index in [4.69, 9.17) is 27.3 Å². The molecule has 21 heavy (non-hydrogen) atoms. The van der Waals surface area contributed by atoms with Crippen LogP contribution >= 0.6 is 0 Å². The van der Waals surface area contributed by atoms with Crippen molar-refractivity contribution in [2.45, 2.75) is 19.8 Å². The Labute approximate surface area is 121 Å². The van der Waals surface area contributed by atoms with Crippen molar-refractivity contribution in [2.75, 3.05) is 11.5 Å². The Balaban J connectivity index is 2.45. The number of rotatable bonds is 4. The predicted octanol–water partition coefficient (Wildman–Crippen LogP) is 1.24. The number of nitrogens with one attached hydrogen (secondary N) is 1. The van der Waals surface area contributed by atoms with E-state index in [2.05, 4.69) is 15.0 Å². The van der Waals surface area contributed by atoms with E-state index in [0.29, 0.717) is 11.4 Å². The Kier molecular flexibility index (Phi) is 3.88. The van der Waals surface area contributed by atoms with Gasteiger partial charge in [0, 0.05) is 17.8 Å². The van der Waals surface area contributed by atoms with Crippen LogP contribution in [0.1, 0.15) is 31.0 Å². The van der Waals surface area contributed by atoms with Crippen LogP contribution in [0, 0.1) is 5.41 Å². The molecule has 110 valence electrons. The van der Waals surface area contributed by atoms with E-state index in [-0.39, 0.29) is 29.3 Å². The van der Waals surface area contributed by atoms with Crippen LogP contribution < -0.4 is 21.9 Å². The molecule has 2 aromatic rings. The van der Waals surface area contributed by atoms with Crippen molar-refractivity contribution < 1.29 is 4.74 Å². The van der Waals surface area contributed by atoms with Crippen LogP contribution in [0.25, 0.3) is 0 Å². The average molecular weight is 287 g/mol. The van der Waals surface area contributed by atoms with Gasteiger partial charge in [-0.1, -0.05) is 13.8 Å². The largest absolute Gasteiger partial charge is 0.451 e.